The summed E-state index contributed by atoms with van der Waals surface area (Å²) in [5.74, 6) is 0.203. The number of halogens is 3. The normalized spacial score (nSPS) is 23.0. The molecule has 0 aromatic heterocycles. The van der Waals surface area contributed by atoms with Gasteiger partial charge in [-0.2, -0.15) is 21.6 Å². The standard InChI is InChI=1S/C36H54N2O2.CHF3O3S.Cr/c1-33(2,3)25-17-23(31(39)27(19-25)35(7,8)9)21-37-29-15-13-14-16-30(29)38-22-24-18-26(34(4,5)6)20-28(32(24)40)36(10,11)12;2-1(3,4)8(5,6)7;/h17-22,29-30,37-38H,13-16H2,1-12H3;(H,5,6,7);/b23-21-,24-22-;;/t29-,30-;;/m1../s1. The molecule has 276 valence electrons. The monoisotopic (exact) mass is 748 g/mol. The molecular weight excluding hydrogens is 693 g/mol. The van der Waals surface area contributed by atoms with Gasteiger partial charge in [0.25, 0.3) is 0 Å². The van der Waals surface area contributed by atoms with Crippen molar-refractivity contribution in [1.82, 2.24) is 10.6 Å². The van der Waals surface area contributed by atoms with Crippen LogP contribution < -0.4 is 10.6 Å². The zero-order chi connectivity index (χ0) is 37.3. The number of carbonyl (C=O) groups excluding carboxylic acids is 2. The van der Waals surface area contributed by atoms with Crippen molar-refractivity contribution in [2.75, 3.05) is 0 Å². The van der Waals surface area contributed by atoms with Gasteiger partial charge in [-0.3, -0.25) is 14.1 Å². The molecule has 0 radical (unpaired) electrons. The fourth-order valence-electron chi connectivity index (χ4n) is 5.42. The Morgan fingerprint density at radius 3 is 1.14 bits per heavy atom. The number of rotatable bonds is 4. The molecule has 0 aromatic rings. The Morgan fingerprint density at radius 1 is 0.633 bits per heavy atom. The van der Waals surface area contributed by atoms with Gasteiger partial charge >= 0.3 is 15.6 Å². The van der Waals surface area contributed by atoms with E-state index in [1.807, 2.05) is 12.4 Å². The second-order valence-corrected chi connectivity index (χ2v) is 18.3. The van der Waals surface area contributed by atoms with Crippen LogP contribution in [0.3, 0.4) is 0 Å². The van der Waals surface area contributed by atoms with Gasteiger partial charge in [0.05, 0.1) is 0 Å². The van der Waals surface area contributed by atoms with E-state index in [1.165, 1.54) is 11.1 Å². The zero-order valence-electron chi connectivity index (χ0n) is 31.0. The first-order chi connectivity index (χ1) is 21.4. The predicted molar refractivity (Wildman–Crippen MR) is 186 cm³/mol. The number of Topliss-reactive ketones (excluding diaryl/α,β-unsaturated/α-hetero) is 2. The van der Waals surface area contributed by atoms with Crippen molar-refractivity contribution in [3.05, 3.63) is 70.1 Å². The number of hydrogen-bond acceptors (Lipinski definition) is 6. The molecule has 0 spiro atoms. The second-order valence-electron chi connectivity index (χ2n) is 16.9. The summed E-state index contributed by atoms with van der Waals surface area (Å²) in [5.41, 5.74) is -0.586. The van der Waals surface area contributed by atoms with Crippen LogP contribution in [0.1, 0.15) is 109 Å². The van der Waals surface area contributed by atoms with E-state index in [0.29, 0.717) is 0 Å². The molecule has 0 aromatic carbocycles. The summed E-state index contributed by atoms with van der Waals surface area (Å²) in [6, 6.07) is 0.340. The molecule has 0 unspecified atom stereocenters. The molecule has 3 N–H and O–H groups in total. The maximum atomic E-state index is 13.5. The average Bonchev–Trinajstić information content (AvgIpc) is 2.89. The number of ketones is 2. The average molecular weight is 749 g/mol. The predicted octanol–water partition coefficient (Wildman–Crippen LogP) is 8.69. The maximum absolute atomic E-state index is 13.5. The number of hydrogen-bond donors (Lipinski definition) is 3. The van der Waals surface area contributed by atoms with Crippen LogP contribution in [-0.4, -0.2) is 42.1 Å². The summed E-state index contributed by atoms with van der Waals surface area (Å²) in [7, 11) is -5.84. The van der Waals surface area contributed by atoms with Crippen molar-refractivity contribution in [2.24, 2.45) is 21.7 Å². The summed E-state index contributed by atoms with van der Waals surface area (Å²) in [5, 5.41) is 7.25. The smallest absolute Gasteiger partial charge is 0.386 e. The molecule has 3 aliphatic rings. The first kappa shape index (κ1) is 44.6. The quantitative estimate of drug-likeness (QED) is 0.150. The minimum Gasteiger partial charge on any atom is -0.386 e. The molecule has 0 heterocycles. The summed E-state index contributed by atoms with van der Waals surface area (Å²) >= 11 is 0. The molecular formula is C37H55CrF3N2O5S. The van der Waals surface area contributed by atoms with Gasteiger partial charge in [-0.25, -0.2) is 0 Å². The van der Waals surface area contributed by atoms with Crippen molar-refractivity contribution in [3.8, 4) is 0 Å². The second kappa shape index (κ2) is 15.9. The summed E-state index contributed by atoms with van der Waals surface area (Å²) < 4.78 is 57.5. The first-order valence-electron chi connectivity index (χ1n) is 16.4. The van der Waals surface area contributed by atoms with Crippen LogP contribution in [0.5, 0.6) is 0 Å². The van der Waals surface area contributed by atoms with Crippen LogP contribution >= 0.6 is 0 Å². The Morgan fingerprint density at radius 2 is 0.918 bits per heavy atom. The number of nitrogens with one attached hydrogen (secondary N) is 2. The third-order valence-corrected chi connectivity index (χ3v) is 9.13. The van der Waals surface area contributed by atoms with Crippen LogP contribution in [0.4, 0.5) is 13.2 Å². The van der Waals surface area contributed by atoms with Gasteiger partial charge in [-0.1, -0.05) is 108 Å². The molecule has 1 fully saturated rings. The van der Waals surface area contributed by atoms with Crippen LogP contribution in [0.2, 0.25) is 0 Å². The topological polar surface area (TPSA) is 113 Å². The minimum atomic E-state index is -5.84. The van der Waals surface area contributed by atoms with E-state index >= 15 is 0 Å². The fraction of sp³-hybridized carbons (Fsp3) is 0.622. The van der Waals surface area contributed by atoms with E-state index < -0.39 is 15.6 Å². The van der Waals surface area contributed by atoms with E-state index in [4.69, 9.17) is 13.0 Å². The SMILES string of the molecule is CC(C)(C)C1=C/C(=C/N[C@@H]2CCCC[C@H]2N/C=C2/C=C(C(C)(C)C)C=C(C(C)(C)C)C2=O)C(=O)C(C(C)(C)C)=C1.O=S(=O)(O)C(F)(F)F.[Cr]. The molecule has 3 aliphatic carbocycles. The van der Waals surface area contributed by atoms with E-state index in [-0.39, 0.29) is 62.7 Å². The van der Waals surface area contributed by atoms with Crippen molar-refractivity contribution in [2.45, 2.75) is 126 Å². The first-order valence-corrected chi connectivity index (χ1v) is 17.8. The van der Waals surface area contributed by atoms with Gasteiger partial charge in [-0.15, -0.1) is 0 Å². The van der Waals surface area contributed by atoms with Crippen molar-refractivity contribution >= 4 is 21.7 Å². The van der Waals surface area contributed by atoms with Gasteiger partial charge in [-0.05, 0) is 57.8 Å². The Bertz CT molecular complexity index is 1460. The molecule has 0 bridgehead atoms. The Kier molecular flexibility index (Phi) is 14.5. The third kappa shape index (κ3) is 12.4. The Labute approximate surface area is 302 Å². The zero-order valence-corrected chi connectivity index (χ0v) is 33.1. The molecule has 49 heavy (non-hydrogen) atoms. The van der Waals surface area contributed by atoms with Gasteiger partial charge in [0.2, 0.25) is 0 Å². The summed E-state index contributed by atoms with van der Waals surface area (Å²) in [6.45, 7) is 25.8. The van der Waals surface area contributed by atoms with E-state index in [9.17, 15) is 22.8 Å². The van der Waals surface area contributed by atoms with Crippen LogP contribution in [0.25, 0.3) is 0 Å². The molecule has 7 nitrogen and oxygen atoms in total. The van der Waals surface area contributed by atoms with Crippen LogP contribution in [-0.2, 0) is 37.1 Å². The van der Waals surface area contributed by atoms with Crippen molar-refractivity contribution in [3.63, 3.8) is 0 Å². The third-order valence-electron chi connectivity index (χ3n) is 8.55. The van der Waals surface area contributed by atoms with Crippen molar-refractivity contribution in [1.29, 1.82) is 0 Å². The molecule has 0 saturated heterocycles. The van der Waals surface area contributed by atoms with Crippen LogP contribution in [0.15, 0.2) is 70.1 Å². The number of allylic oxidation sites excluding steroid dienone is 10. The van der Waals surface area contributed by atoms with Gasteiger partial charge in [0.15, 0.2) is 11.6 Å². The Hall–Kier alpha value is -2.39. The molecule has 1 saturated carbocycles. The largest absolute Gasteiger partial charge is 0.522 e. The minimum absolute atomic E-state index is 0. The Balaban J connectivity index is 0.00000119. The summed E-state index contributed by atoms with van der Waals surface area (Å²) in [4.78, 5) is 27.0. The maximum Gasteiger partial charge on any atom is 0.522 e. The molecule has 0 amide bonds. The van der Waals surface area contributed by atoms with E-state index in [2.05, 4.69) is 118 Å². The van der Waals surface area contributed by atoms with Crippen molar-refractivity contribution < 1.29 is 53.1 Å². The number of carbonyl (C=O) groups is 2. The van der Waals surface area contributed by atoms with Gasteiger partial charge in [0.1, 0.15) is 0 Å². The molecule has 12 heteroatoms. The van der Waals surface area contributed by atoms with Gasteiger partial charge in [0, 0.05) is 64.1 Å². The number of alkyl halides is 3. The molecule has 0 aliphatic heterocycles. The van der Waals surface area contributed by atoms with E-state index in [1.54, 1.807) is 0 Å². The molecule has 3 rings (SSSR count). The van der Waals surface area contributed by atoms with Gasteiger partial charge < -0.3 is 10.6 Å². The van der Waals surface area contributed by atoms with E-state index in [0.717, 1.165) is 48.0 Å². The summed E-state index contributed by atoms with van der Waals surface area (Å²) in [6.07, 6.45) is 16.5. The van der Waals surface area contributed by atoms with Crippen LogP contribution in [0, 0.1) is 21.7 Å². The fourth-order valence-corrected chi connectivity index (χ4v) is 5.42. The molecule has 2 atom stereocenters.